The van der Waals surface area contributed by atoms with Crippen LogP contribution in [0.15, 0.2) is 47.2 Å². The summed E-state index contributed by atoms with van der Waals surface area (Å²) in [5.74, 6) is -1.61. The van der Waals surface area contributed by atoms with Gasteiger partial charge in [-0.25, -0.2) is 9.67 Å². The van der Waals surface area contributed by atoms with E-state index in [1.165, 1.54) is 6.07 Å². The Bertz CT molecular complexity index is 1550. The highest BCUT2D eigenvalue weighted by molar-refractivity contribution is 6.35. The number of aliphatic carboxylic acids is 1. The van der Waals surface area contributed by atoms with E-state index in [1.807, 2.05) is 0 Å². The van der Waals surface area contributed by atoms with Gasteiger partial charge in [0.25, 0.3) is 5.89 Å². The van der Waals surface area contributed by atoms with Crippen LogP contribution in [0.4, 0.5) is 13.2 Å². The van der Waals surface area contributed by atoms with Crippen molar-refractivity contribution in [2.45, 2.75) is 38.0 Å². The lowest BCUT2D eigenvalue weighted by atomic mass is 9.73. The average molecular weight is 611 g/mol. The van der Waals surface area contributed by atoms with Crippen LogP contribution in [0.1, 0.15) is 43.0 Å². The van der Waals surface area contributed by atoms with Gasteiger partial charge in [-0.3, -0.25) is 4.79 Å². The molecule has 5 rings (SSSR count). The van der Waals surface area contributed by atoms with E-state index >= 15 is 0 Å². The molecule has 10 nitrogen and oxygen atoms in total. The molecule has 0 spiro atoms. The minimum atomic E-state index is -4.88. The number of aliphatic hydroxyl groups excluding tert-OH is 1. The number of piperidine rings is 1. The number of rotatable bonds is 8. The average Bonchev–Trinajstić information content (AvgIpc) is 3.56. The molecule has 15 heteroatoms. The second-order valence-corrected chi connectivity index (χ2v) is 10.7. The van der Waals surface area contributed by atoms with Crippen LogP contribution in [-0.2, 0) is 11.0 Å². The van der Waals surface area contributed by atoms with Crippen molar-refractivity contribution in [3.63, 3.8) is 0 Å². The largest absolute Gasteiger partial charge is 0.481 e. The molecule has 41 heavy (non-hydrogen) atoms. The van der Waals surface area contributed by atoms with Crippen molar-refractivity contribution in [1.82, 2.24) is 30.2 Å². The van der Waals surface area contributed by atoms with Gasteiger partial charge in [0, 0.05) is 18.3 Å². The molecule has 4 heterocycles. The quantitative estimate of drug-likeness (QED) is 0.233. The molecule has 1 aliphatic rings. The first-order valence-corrected chi connectivity index (χ1v) is 13.2. The summed E-state index contributed by atoms with van der Waals surface area (Å²) in [4.78, 5) is 19.5. The van der Waals surface area contributed by atoms with Gasteiger partial charge in [0.15, 0.2) is 11.5 Å². The Morgan fingerprint density at radius 2 is 1.98 bits per heavy atom. The van der Waals surface area contributed by atoms with Crippen LogP contribution < -0.4 is 5.32 Å². The van der Waals surface area contributed by atoms with Crippen LogP contribution in [0.5, 0.6) is 0 Å². The zero-order valence-corrected chi connectivity index (χ0v) is 22.7. The Morgan fingerprint density at radius 3 is 2.61 bits per heavy atom. The number of carboxylic acids is 1. The molecule has 3 N–H and O–H groups in total. The van der Waals surface area contributed by atoms with Gasteiger partial charge < -0.3 is 20.1 Å². The van der Waals surface area contributed by atoms with Gasteiger partial charge in [0.2, 0.25) is 5.82 Å². The summed E-state index contributed by atoms with van der Waals surface area (Å²) in [7, 11) is 0. The third-order valence-corrected chi connectivity index (χ3v) is 7.43. The topological polar surface area (TPSA) is 139 Å². The van der Waals surface area contributed by atoms with E-state index in [9.17, 15) is 28.2 Å². The molecule has 0 amide bonds. The highest BCUT2D eigenvalue weighted by Crippen LogP contribution is 2.41. The molecule has 1 aromatic carbocycles. The second-order valence-electron chi connectivity index (χ2n) is 9.89. The Balaban J connectivity index is 1.39. The molecule has 0 unspecified atom stereocenters. The number of nitrogens with zero attached hydrogens (tertiary/aromatic N) is 5. The summed E-state index contributed by atoms with van der Waals surface area (Å²) in [6, 6.07) is 7.71. The first-order valence-electron chi connectivity index (χ1n) is 12.5. The lowest BCUT2D eigenvalue weighted by molar-refractivity contribution is -0.142. The lowest BCUT2D eigenvalue weighted by Gasteiger charge is -2.38. The van der Waals surface area contributed by atoms with Crippen LogP contribution in [0.25, 0.3) is 28.7 Å². The monoisotopic (exact) mass is 610 g/mol. The molecule has 3 aromatic heterocycles. The van der Waals surface area contributed by atoms with Gasteiger partial charge >= 0.3 is 12.1 Å². The SMILES string of the molecule is O=C(O)C[C@]1(C[C@H](O)c2ccc(-c3noc(-c4cnn(-c5ncc(Cl)cc5Cl)c4C(F)(F)F)n3)cc2)CCCNC1. The Labute approximate surface area is 241 Å². The van der Waals surface area contributed by atoms with E-state index in [0.29, 0.717) is 28.8 Å². The maximum absolute atomic E-state index is 14.1. The third-order valence-electron chi connectivity index (χ3n) is 6.95. The molecule has 0 radical (unpaired) electrons. The summed E-state index contributed by atoms with van der Waals surface area (Å²) in [6.07, 6.45) is -2.02. The van der Waals surface area contributed by atoms with Crippen molar-refractivity contribution in [2.75, 3.05) is 13.1 Å². The summed E-state index contributed by atoms with van der Waals surface area (Å²) < 4.78 is 48.1. The molecule has 0 saturated carbocycles. The van der Waals surface area contributed by atoms with Crippen LogP contribution in [0.2, 0.25) is 10.0 Å². The van der Waals surface area contributed by atoms with E-state index in [1.54, 1.807) is 24.3 Å². The van der Waals surface area contributed by atoms with Crippen LogP contribution >= 0.6 is 23.2 Å². The predicted molar refractivity (Wildman–Crippen MR) is 141 cm³/mol. The molecule has 0 bridgehead atoms. The van der Waals surface area contributed by atoms with E-state index in [4.69, 9.17) is 27.7 Å². The smallest absolute Gasteiger partial charge is 0.434 e. The van der Waals surface area contributed by atoms with Crippen LogP contribution in [0.3, 0.4) is 0 Å². The van der Waals surface area contributed by atoms with Gasteiger partial charge in [0.1, 0.15) is 0 Å². The Morgan fingerprint density at radius 1 is 1.22 bits per heavy atom. The highest BCUT2D eigenvalue weighted by atomic mass is 35.5. The zero-order chi connectivity index (χ0) is 29.4. The molecule has 216 valence electrons. The number of benzene rings is 1. The number of pyridine rings is 1. The Kier molecular flexibility index (Phi) is 8.06. The number of carbonyl (C=O) groups is 1. The third kappa shape index (κ3) is 6.22. The van der Waals surface area contributed by atoms with Crippen molar-refractivity contribution >= 4 is 29.2 Å². The first kappa shape index (κ1) is 29.0. The van der Waals surface area contributed by atoms with E-state index in [0.717, 1.165) is 25.4 Å². The molecular weight excluding hydrogens is 588 g/mol. The van der Waals surface area contributed by atoms with Crippen LogP contribution in [-0.4, -0.2) is 54.2 Å². The summed E-state index contributed by atoms with van der Waals surface area (Å²) in [6.45, 7) is 1.30. The lowest BCUT2D eigenvalue weighted by Crippen LogP contribution is -2.42. The fourth-order valence-corrected chi connectivity index (χ4v) is 5.54. The number of hydrogen-bond donors (Lipinski definition) is 3. The van der Waals surface area contributed by atoms with Gasteiger partial charge in [-0.15, -0.1) is 0 Å². The van der Waals surface area contributed by atoms with Crippen molar-refractivity contribution in [3.8, 4) is 28.7 Å². The molecular formula is C26H23Cl2F3N6O4. The molecule has 1 aliphatic heterocycles. The maximum Gasteiger partial charge on any atom is 0.434 e. The van der Waals surface area contributed by atoms with E-state index in [2.05, 4.69) is 25.5 Å². The minimum absolute atomic E-state index is 0.0170. The number of nitrogens with one attached hydrogen (secondary N) is 1. The molecule has 1 saturated heterocycles. The highest BCUT2D eigenvalue weighted by Gasteiger charge is 2.41. The number of carboxylic acid groups (broad SMARTS) is 1. The number of alkyl halides is 3. The first-order chi connectivity index (χ1) is 19.5. The predicted octanol–water partition coefficient (Wildman–Crippen LogP) is 5.58. The second kappa shape index (κ2) is 11.4. The number of aromatic nitrogens is 5. The van der Waals surface area contributed by atoms with Crippen molar-refractivity contribution in [2.24, 2.45) is 5.41 Å². The van der Waals surface area contributed by atoms with Gasteiger partial charge in [-0.1, -0.05) is 52.6 Å². The molecule has 1 fully saturated rings. The molecule has 4 aromatic rings. The van der Waals surface area contributed by atoms with Gasteiger partial charge in [-0.2, -0.15) is 23.3 Å². The van der Waals surface area contributed by atoms with Crippen LogP contribution in [0, 0.1) is 5.41 Å². The standard InChI is InChI=1S/C26H23Cl2F3N6O4/c27-16-8-18(28)23(33-11-16)37-21(26(29,30)31)17(12-34-37)24-35-22(36-41-24)15-4-2-14(3-5-15)19(38)9-25(10-20(39)40)6-1-7-32-13-25/h2-5,8,11-12,19,32,38H,1,6-7,9-10,13H2,(H,39,40)/t19-,25+/m0/s1. The normalized spacial score (nSPS) is 18.4. The number of halogens is 5. The van der Waals surface area contributed by atoms with Crippen molar-refractivity contribution in [3.05, 3.63) is 64.0 Å². The van der Waals surface area contributed by atoms with E-state index < -0.39 is 40.8 Å². The van der Waals surface area contributed by atoms with Gasteiger partial charge in [0.05, 0.1) is 34.3 Å². The number of aliphatic hydroxyl groups is 1. The van der Waals surface area contributed by atoms with E-state index in [-0.39, 0.29) is 34.5 Å². The molecule has 2 atom stereocenters. The minimum Gasteiger partial charge on any atom is -0.481 e. The summed E-state index contributed by atoms with van der Waals surface area (Å²) >= 11 is 11.9. The maximum atomic E-state index is 14.1. The molecule has 0 aliphatic carbocycles. The van der Waals surface area contributed by atoms with Crippen molar-refractivity contribution < 1.29 is 32.7 Å². The summed E-state index contributed by atoms with van der Waals surface area (Å²) in [5.41, 5.74) is -1.27. The van der Waals surface area contributed by atoms with Gasteiger partial charge in [-0.05, 0) is 42.9 Å². The number of hydrogen-bond acceptors (Lipinski definition) is 8. The Hall–Kier alpha value is -3.52. The van der Waals surface area contributed by atoms with Crippen molar-refractivity contribution in [1.29, 1.82) is 0 Å². The zero-order valence-electron chi connectivity index (χ0n) is 21.2. The summed E-state index contributed by atoms with van der Waals surface area (Å²) in [5, 5.41) is 31.1. The fraction of sp³-hybridized carbons (Fsp3) is 0.346. The fourth-order valence-electron chi connectivity index (χ4n) is 5.08.